The van der Waals surface area contributed by atoms with Gasteiger partial charge in [-0.25, -0.2) is 0 Å². The average molecular weight is 432 g/mol. The molecule has 2 aliphatic heterocycles. The summed E-state index contributed by atoms with van der Waals surface area (Å²) in [6.07, 6.45) is 1.18. The van der Waals surface area contributed by atoms with Crippen molar-refractivity contribution in [3.8, 4) is 0 Å². The summed E-state index contributed by atoms with van der Waals surface area (Å²) in [4.78, 5) is 41.9. The van der Waals surface area contributed by atoms with Gasteiger partial charge in [-0.15, -0.1) is 0 Å². The number of likely N-dealkylation sites (tertiary alicyclic amines) is 1. The highest BCUT2D eigenvalue weighted by Crippen LogP contribution is 2.21. The number of carbonyl (C=O) groups is 2. The number of hydrogen-bond donors (Lipinski definition) is 1. The van der Waals surface area contributed by atoms with Gasteiger partial charge in [0.05, 0.1) is 17.5 Å². The number of benzene rings is 1. The van der Waals surface area contributed by atoms with E-state index in [4.69, 9.17) is 0 Å². The number of amides is 2. The number of piperidine rings is 1. The first kappa shape index (κ1) is 23.1. The molecule has 0 unspecified atom stereocenters. The number of nitro benzene ring substituents is 1. The maximum absolute atomic E-state index is 12.7. The predicted octanol–water partition coefficient (Wildman–Crippen LogP) is 2.04. The van der Waals surface area contributed by atoms with E-state index in [0.29, 0.717) is 24.1 Å². The molecule has 3 atom stereocenters. The Balaban J connectivity index is 1.44. The molecule has 2 saturated heterocycles. The molecule has 2 aliphatic rings. The van der Waals surface area contributed by atoms with Gasteiger partial charge in [-0.2, -0.15) is 0 Å². The van der Waals surface area contributed by atoms with Crippen molar-refractivity contribution in [3.63, 3.8) is 0 Å². The first-order valence-electron chi connectivity index (χ1n) is 11.0. The van der Waals surface area contributed by atoms with E-state index in [1.807, 2.05) is 11.8 Å². The number of nitrogens with one attached hydrogen (secondary N) is 1. The van der Waals surface area contributed by atoms with Crippen LogP contribution in [0.25, 0.3) is 0 Å². The van der Waals surface area contributed by atoms with E-state index in [9.17, 15) is 19.7 Å². The molecule has 2 fully saturated rings. The molecular weight excluding hydrogens is 398 g/mol. The van der Waals surface area contributed by atoms with Crippen molar-refractivity contribution in [3.05, 3.63) is 34.4 Å². The maximum Gasteiger partial charge on any atom is 0.269 e. The van der Waals surface area contributed by atoms with Crippen molar-refractivity contribution >= 4 is 23.2 Å². The Bertz CT molecular complexity index is 782. The molecule has 3 rings (SSSR count). The SMILES string of the molecule is C[C@@H]1C[C@@H](C)CN(C(=O)CN2CCN([C@@H](C)C(=O)Nc3ccc([N+](=O)[O-])cc3)CC2)C1. The summed E-state index contributed by atoms with van der Waals surface area (Å²) in [6, 6.07) is 5.50. The fourth-order valence-corrected chi connectivity index (χ4v) is 4.55. The molecule has 2 heterocycles. The third-order valence-corrected chi connectivity index (χ3v) is 6.26. The Hall–Kier alpha value is -2.52. The second-order valence-corrected chi connectivity index (χ2v) is 9.03. The summed E-state index contributed by atoms with van der Waals surface area (Å²) < 4.78 is 0. The molecule has 0 bridgehead atoms. The van der Waals surface area contributed by atoms with E-state index in [2.05, 4.69) is 29.0 Å². The topological polar surface area (TPSA) is 99.0 Å². The molecule has 9 heteroatoms. The van der Waals surface area contributed by atoms with Crippen LogP contribution in [-0.2, 0) is 9.59 Å². The molecule has 0 radical (unpaired) electrons. The summed E-state index contributed by atoms with van der Waals surface area (Å²) in [5.41, 5.74) is 0.529. The standard InChI is InChI=1S/C22H33N5O4/c1-16-12-17(2)14-26(13-16)21(28)15-24-8-10-25(11-9-24)18(3)22(29)23-19-4-6-20(7-5-19)27(30)31/h4-7,16-18H,8-15H2,1-3H3,(H,23,29)/t16-,17-,18+/m1/s1. The molecule has 0 spiro atoms. The van der Waals surface area contributed by atoms with Gasteiger partial charge >= 0.3 is 0 Å². The lowest BCUT2D eigenvalue weighted by atomic mass is 9.92. The van der Waals surface area contributed by atoms with Gasteiger partial charge in [0.15, 0.2) is 0 Å². The Morgan fingerprint density at radius 3 is 2.23 bits per heavy atom. The predicted molar refractivity (Wildman–Crippen MR) is 119 cm³/mol. The lowest BCUT2D eigenvalue weighted by Gasteiger charge is -2.39. The normalized spacial score (nSPS) is 23.9. The highest BCUT2D eigenvalue weighted by atomic mass is 16.6. The number of anilines is 1. The second-order valence-electron chi connectivity index (χ2n) is 9.03. The van der Waals surface area contributed by atoms with Crippen LogP contribution in [0.2, 0.25) is 0 Å². The van der Waals surface area contributed by atoms with E-state index >= 15 is 0 Å². The Kier molecular flexibility index (Phi) is 7.61. The van der Waals surface area contributed by atoms with Gasteiger partial charge in [0.1, 0.15) is 0 Å². The molecule has 2 amide bonds. The molecule has 1 aromatic rings. The van der Waals surface area contributed by atoms with E-state index in [1.165, 1.54) is 30.7 Å². The third kappa shape index (κ3) is 6.24. The van der Waals surface area contributed by atoms with Crippen LogP contribution in [0.5, 0.6) is 0 Å². The van der Waals surface area contributed by atoms with Crippen LogP contribution in [0.4, 0.5) is 11.4 Å². The monoisotopic (exact) mass is 431 g/mol. The van der Waals surface area contributed by atoms with Gasteiger partial charge in [0.25, 0.3) is 5.69 Å². The number of nitro groups is 1. The number of nitrogens with zero attached hydrogens (tertiary/aromatic N) is 4. The highest BCUT2D eigenvalue weighted by Gasteiger charge is 2.29. The van der Waals surface area contributed by atoms with E-state index < -0.39 is 4.92 Å². The minimum Gasteiger partial charge on any atom is -0.341 e. The number of piperazine rings is 1. The molecule has 9 nitrogen and oxygen atoms in total. The van der Waals surface area contributed by atoms with Crippen LogP contribution < -0.4 is 5.32 Å². The fraction of sp³-hybridized carbons (Fsp3) is 0.636. The molecule has 1 N–H and O–H groups in total. The molecule has 0 aromatic heterocycles. The Morgan fingerprint density at radius 1 is 1.10 bits per heavy atom. The van der Waals surface area contributed by atoms with Gasteiger partial charge < -0.3 is 10.2 Å². The van der Waals surface area contributed by atoms with Gasteiger partial charge in [-0.05, 0) is 37.3 Å². The van der Waals surface area contributed by atoms with E-state index in [1.54, 1.807) is 0 Å². The van der Waals surface area contributed by atoms with Crippen molar-refractivity contribution in [1.29, 1.82) is 0 Å². The smallest absolute Gasteiger partial charge is 0.269 e. The molecule has 1 aromatic carbocycles. The Morgan fingerprint density at radius 2 is 1.68 bits per heavy atom. The van der Waals surface area contributed by atoms with Crippen molar-refractivity contribution in [2.75, 3.05) is 51.1 Å². The van der Waals surface area contributed by atoms with Crippen molar-refractivity contribution in [2.45, 2.75) is 33.2 Å². The van der Waals surface area contributed by atoms with Gasteiger partial charge in [-0.1, -0.05) is 13.8 Å². The minimum atomic E-state index is -0.467. The molecular formula is C22H33N5O4. The number of hydrogen-bond acceptors (Lipinski definition) is 6. The van der Waals surface area contributed by atoms with Crippen LogP contribution in [0.15, 0.2) is 24.3 Å². The third-order valence-electron chi connectivity index (χ3n) is 6.26. The summed E-state index contributed by atoms with van der Waals surface area (Å²) in [5.74, 6) is 1.17. The highest BCUT2D eigenvalue weighted by molar-refractivity contribution is 5.94. The zero-order chi connectivity index (χ0) is 22.5. The zero-order valence-electron chi connectivity index (χ0n) is 18.6. The van der Waals surface area contributed by atoms with Gasteiger partial charge in [-0.3, -0.25) is 29.5 Å². The number of non-ortho nitro benzene ring substituents is 1. The number of rotatable bonds is 6. The largest absolute Gasteiger partial charge is 0.341 e. The zero-order valence-corrected chi connectivity index (χ0v) is 18.6. The lowest BCUT2D eigenvalue weighted by molar-refractivity contribution is -0.384. The van der Waals surface area contributed by atoms with Crippen LogP contribution in [0.1, 0.15) is 27.2 Å². The summed E-state index contributed by atoms with van der Waals surface area (Å²) in [5, 5.41) is 13.6. The van der Waals surface area contributed by atoms with Crippen LogP contribution in [0.3, 0.4) is 0 Å². The second kappa shape index (κ2) is 10.2. The van der Waals surface area contributed by atoms with Gasteiger partial charge in [0, 0.05) is 57.1 Å². The summed E-state index contributed by atoms with van der Waals surface area (Å²) in [6.45, 7) is 11.3. The van der Waals surface area contributed by atoms with E-state index in [-0.39, 0.29) is 23.5 Å². The quantitative estimate of drug-likeness (QED) is 0.547. The number of carbonyl (C=O) groups excluding carboxylic acids is 2. The van der Waals surface area contributed by atoms with Gasteiger partial charge in [0.2, 0.25) is 11.8 Å². The molecule has 0 aliphatic carbocycles. The molecule has 0 saturated carbocycles. The maximum atomic E-state index is 12.7. The van der Waals surface area contributed by atoms with Crippen LogP contribution in [0, 0.1) is 22.0 Å². The Labute approximate surface area is 183 Å². The summed E-state index contributed by atoms with van der Waals surface area (Å²) >= 11 is 0. The van der Waals surface area contributed by atoms with Crippen molar-refractivity contribution in [1.82, 2.24) is 14.7 Å². The summed E-state index contributed by atoms with van der Waals surface area (Å²) in [7, 11) is 0. The first-order valence-corrected chi connectivity index (χ1v) is 11.0. The van der Waals surface area contributed by atoms with Crippen molar-refractivity contribution in [2.24, 2.45) is 11.8 Å². The van der Waals surface area contributed by atoms with E-state index in [0.717, 1.165) is 39.3 Å². The van der Waals surface area contributed by atoms with Crippen molar-refractivity contribution < 1.29 is 14.5 Å². The van der Waals surface area contributed by atoms with Crippen LogP contribution >= 0.6 is 0 Å². The lowest BCUT2D eigenvalue weighted by Crippen LogP contribution is -2.55. The first-order chi connectivity index (χ1) is 14.7. The minimum absolute atomic E-state index is 0.00909. The fourth-order valence-electron chi connectivity index (χ4n) is 4.55. The van der Waals surface area contributed by atoms with Crippen LogP contribution in [-0.4, -0.2) is 83.3 Å². The molecule has 31 heavy (non-hydrogen) atoms. The average Bonchev–Trinajstić information content (AvgIpc) is 2.73. The molecule has 170 valence electrons.